The monoisotopic (exact) mass is 470 g/mol. The van der Waals surface area contributed by atoms with Crippen LogP contribution in [-0.4, -0.2) is 40.5 Å². The van der Waals surface area contributed by atoms with Crippen molar-refractivity contribution in [2.24, 2.45) is 11.8 Å². The van der Waals surface area contributed by atoms with Gasteiger partial charge in [0.15, 0.2) is 5.78 Å². The van der Waals surface area contributed by atoms with Crippen LogP contribution in [0.5, 0.6) is 5.75 Å². The lowest BCUT2D eigenvalue weighted by atomic mass is 9.84. The fourth-order valence-corrected chi connectivity index (χ4v) is 6.25. The summed E-state index contributed by atoms with van der Waals surface area (Å²) < 4.78 is 5.21. The number of rotatable bonds is 5. The van der Waals surface area contributed by atoms with Crippen molar-refractivity contribution < 1.29 is 19.1 Å². The standard InChI is InChI=1S/C27H22N2O4S/c1-33-18-10-8-16(9-11-18)15-29-26(31)21-22(27(29)32)24(25(30)20-7-4-14-34-20)28-13-12-17-5-2-3-6-19(17)23(21)28/h2-14,21-24H,15H2,1H3/t21-,22+,23?,24-/m0/s1. The van der Waals surface area contributed by atoms with E-state index in [9.17, 15) is 14.4 Å². The van der Waals surface area contributed by atoms with Crippen molar-refractivity contribution in [1.29, 1.82) is 0 Å². The second-order valence-electron chi connectivity index (χ2n) is 8.79. The van der Waals surface area contributed by atoms with Crippen molar-refractivity contribution in [3.63, 3.8) is 0 Å². The average Bonchev–Trinajstić information content (AvgIpc) is 3.58. The van der Waals surface area contributed by atoms with Crippen LogP contribution in [0.15, 0.2) is 72.2 Å². The molecule has 34 heavy (non-hydrogen) atoms. The lowest BCUT2D eigenvalue weighted by Gasteiger charge is -2.35. The summed E-state index contributed by atoms with van der Waals surface area (Å²) in [7, 11) is 1.59. The zero-order chi connectivity index (χ0) is 23.4. The molecule has 6 nitrogen and oxygen atoms in total. The van der Waals surface area contributed by atoms with Crippen LogP contribution in [-0.2, 0) is 16.1 Å². The molecule has 2 saturated heterocycles. The Morgan fingerprint density at radius 2 is 1.74 bits per heavy atom. The fourth-order valence-electron chi connectivity index (χ4n) is 5.55. The maximum Gasteiger partial charge on any atom is 0.236 e. The Balaban J connectivity index is 1.41. The van der Waals surface area contributed by atoms with Gasteiger partial charge in [-0.15, -0.1) is 11.3 Å². The summed E-state index contributed by atoms with van der Waals surface area (Å²) in [5.74, 6) is -1.22. The van der Waals surface area contributed by atoms with Crippen LogP contribution >= 0.6 is 11.3 Å². The molecule has 3 aliphatic rings. The Morgan fingerprint density at radius 1 is 0.971 bits per heavy atom. The number of hydrogen-bond acceptors (Lipinski definition) is 6. The number of carbonyl (C=O) groups is 3. The third-order valence-electron chi connectivity index (χ3n) is 7.09. The molecule has 6 rings (SSSR count). The molecule has 4 heterocycles. The van der Waals surface area contributed by atoms with E-state index >= 15 is 0 Å². The summed E-state index contributed by atoms with van der Waals surface area (Å²) in [5, 5.41) is 1.86. The normalized spacial score (nSPS) is 24.7. The molecule has 2 fully saturated rings. The number of ether oxygens (including phenoxy) is 1. The van der Waals surface area contributed by atoms with Gasteiger partial charge < -0.3 is 9.64 Å². The zero-order valence-electron chi connectivity index (χ0n) is 18.5. The predicted molar refractivity (Wildman–Crippen MR) is 128 cm³/mol. The van der Waals surface area contributed by atoms with E-state index in [0.29, 0.717) is 10.6 Å². The van der Waals surface area contributed by atoms with E-state index in [1.54, 1.807) is 13.2 Å². The number of carbonyl (C=O) groups excluding carboxylic acids is 3. The molecule has 4 atom stereocenters. The number of fused-ring (bicyclic) bond motifs is 5. The van der Waals surface area contributed by atoms with E-state index in [0.717, 1.165) is 16.7 Å². The highest BCUT2D eigenvalue weighted by atomic mass is 32.1. The van der Waals surface area contributed by atoms with Gasteiger partial charge in [0.2, 0.25) is 11.8 Å². The maximum absolute atomic E-state index is 13.8. The number of Topliss-reactive ketones (excluding diaryl/α,β-unsaturated/α-hetero) is 1. The van der Waals surface area contributed by atoms with Gasteiger partial charge in [-0.2, -0.15) is 0 Å². The number of thiophene rings is 1. The fraction of sp³-hybridized carbons (Fsp3) is 0.222. The van der Waals surface area contributed by atoms with Gasteiger partial charge in [0.25, 0.3) is 0 Å². The van der Waals surface area contributed by atoms with Crippen molar-refractivity contribution in [2.45, 2.75) is 18.6 Å². The van der Waals surface area contributed by atoms with Gasteiger partial charge in [-0.25, -0.2) is 0 Å². The molecule has 0 spiro atoms. The lowest BCUT2D eigenvalue weighted by Crippen LogP contribution is -2.43. The van der Waals surface area contributed by atoms with Crippen LogP contribution in [0.3, 0.4) is 0 Å². The molecular weight excluding hydrogens is 448 g/mol. The molecule has 3 aliphatic heterocycles. The first kappa shape index (κ1) is 20.9. The van der Waals surface area contributed by atoms with E-state index in [1.807, 2.05) is 77.2 Å². The van der Waals surface area contributed by atoms with E-state index < -0.39 is 17.9 Å². The van der Waals surface area contributed by atoms with Gasteiger partial charge in [0.1, 0.15) is 11.8 Å². The molecule has 0 saturated carbocycles. The number of methoxy groups -OCH3 is 1. The Hall–Kier alpha value is -3.71. The highest BCUT2D eigenvalue weighted by molar-refractivity contribution is 7.12. The highest BCUT2D eigenvalue weighted by Gasteiger charge is 2.64. The van der Waals surface area contributed by atoms with Gasteiger partial charge in [-0.05, 0) is 46.3 Å². The first-order valence-corrected chi connectivity index (χ1v) is 12.1. The topological polar surface area (TPSA) is 66.9 Å². The van der Waals surface area contributed by atoms with Gasteiger partial charge >= 0.3 is 0 Å². The minimum absolute atomic E-state index is 0.107. The minimum atomic E-state index is -0.721. The maximum atomic E-state index is 13.8. The van der Waals surface area contributed by atoms with Crippen molar-refractivity contribution in [1.82, 2.24) is 9.80 Å². The van der Waals surface area contributed by atoms with Gasteiger partial charge in [0.05, 0.1) is 36.4 Å². The summed E-state index contributed by atoms with van der Waals surface area (Å²) in [5.41, 5.74) is 2.83. The van der Waals surface area contributed by atoms with Crippen molar-refractivity contribution >= 4 is 35.0 Å². The SMILES string of the molecule is COc1ccc(CN2C(=O)[C@@H]3[C@H](C2=O)C2c4ccccc4C=CN2[C@@H]3C(=O)c2cccs2)cc1. The molecule has 3 aromatic rings. The molecule has 2 aromatic carbocycles. The lowest BCUT2D eigenvalue weighted by molar-refractivity contribution is -0.142. The number of nitrogens with zero attached hydrogens (tertiary/aromatic N) is 2. The molecule has 0 aliphatic carbocycles. The second kappa shape index (κ2) is 7.95. The van der Waals surface area contributed by atoms with Crippen molar-refractivity contribution in [3.05, 3.63) is 93.8 Å². The number of likely N-dealkylation sites (tertiary alicyclic amines) is 1. The number of amides is 2. The first-order chi connectivity index (χ1) is 16.6. The highest BCUT2D eigenvalue weighted by Crippen LogP contribution is 2.53. The van der Waals surface area contributed by atoms with Crippen molar-refractivity contribution in [2.75, 3.05) is 7.11 Å². The van der Waals surface area contributed by atoms with Crippen LogP contribution in [0.1, 0.15) is 32.4 Å². The summed E-state index contributed by atoms with van der Waals surface area (Å²) in [4.78, 5) is 45.0. The number of benzene rings is 2. The Morgan fingerprint density at radius 3 is 2.47 bits per heavy atom. The molecule has 1 aromatic heterocycles. The summed E-state index contributed by atoms with van der Waals surface area (Å²) in [6.45, 7) is 0.179. The van der Waals surface area contributed by atoms with E-state index in [2.05, 4.69) is 0 Å². The molecule has 170 valence electrons. The van der Waals surface area contributed by atoms with Crippen LogP contribution in [0.4, 0.5) is 0 Å². The first-order valence-electron chi connectivity index (χ1n) is 11.2. The minimum Gasteiger partial charge on any atom is -0.497 e. The number of hydrogen-bond donors (Lipinski definition) is 0. The molecule has 0 bridgehead atoms. The van der Waals surface area contributed by atoms with Gasteiger partial charge in [0, 0.05) is 6.20 Å². The van der Waals surface area contributed by atoms with Crippen LogP contribution in [0.2, 0.25) is 0 Å². The Labute approximate surface area is 201 Å². The third-order valence-corrected chi connectivity index (χ3v) is 7.97. The number of ketones is 1. The van der Waals surface area contributed by atoms with Gasteiger partial charge in [-0.1, -0.05) is 42.5 Å². The summed E-state index contributed by atoms with van der Waals surface area (Å²) in [6.07, 6.45) is 3.85. The molecule has 2 amide bonds. The molecular formula is C27H22N2O4S. The van der Waals surface area contributed by atoms with Crippen molar-refractivity contribution in [3.8, 4) is 5.75 Å². The molecule has 0 radical (unpaired) electrons. The smallest absolute Gasteiger partial charge is 0.236 e. The average molecular weight is 471 g/mol. The molecule has 7 heteroatoms. The molecule has 1 unspecified atom stereocenters. The van der Waals surface area contributed by atoms with Crippen LogP contribution < -0.4 is 4.74 Å². The third kappa shape index (κ3) is 3.04. The van der Waals surface area contributed by atoms with E-state index in [4.69, 9.17) is 4.74 Å². The zero-order valence-corrected chi connectivity index (χ0v) is 19.3. The Bertz CT molecular complexity index is 1310. The summed E-state index contributed by atoms with van der Waals surface area (Å²) >= 11 is 1.36. The summed E-state index contributed by atoms with van der Waals surface area (Å²) in [6, 6.07) is 17.8. The van der Waals surface area contributed by atoms with Gasteiger partial charge in [-0.3, -0.25) is 19.3 Å². The quantitative estimate of drug-likeness (QED) is 0.414. The van der Waals surface area contributed by atoms with Crippen LogP contribution in [0.25, 0.3) is 6.08 Å². The second-order valence-corrected chi connectivity index (χ2v) is 9.73. The number of imide groups is 1. The molecule has 0 N–H and O–H groups in total. The van der Waals surface area contributed by atoms with Crippen LogP contribution in [0, 0.1) is 11.8 Å². The predicted octanol–water partition coefficient (Wildman–Crippen LogP) is 4.15. The van der Waals surface area contributed by atoms with E-state index in [1.165, 1.54) is 16.2 Å². The Kier molecular flexibility index (Phi) is 4.88. The largest absolute Gasteiger partial charge is 0.497 e. The van der Waals surface area contributed by atoms with E-state index in [-0.39, 0.29) is 30.2 Å².